The van der Waals surface area contributed by atoms with Crippen molar-refractivity contribution in [1.82, 2.24) is 20.0 Å². The Morgan fingerprint density at radius 3 is 2.88 bits per heavy atom. The predicted molar refractivity (Wildman–Crippen MR) is 105 cm³/mol. The van der Waals surface area contributed by atoms with Crippen molar-refractivity contribution in [3.05, 3.63) is 48.0 Å². The molecule has 1 aliphatic heterocycles. The monoisotopic (exact) mass is 375 g/mol. The van der Waals surface area contributed by atoms with E-state index in [1.807, 2.05) is 37.1 Å². The maximum Gasteiger partial charge on any atom is 0.193 e. The van der Waals surface area contributed by atoms with Crippen molar-refractivity contribution < 1.29 is 4.39 Å². The average Bonchev–Trinajstić information content (AvgIpc) is 3.26. The van der Waals surface area contributed by atoms with Gasteiger partial charge in [-0.15, -0.1) is 11.8 Å². The molecule has 3 rings (SSSR count). The molecule has 1 aromatic heterocycles. The summed E-state index contributed by atoms with van der Waals surface area (Å²) < 4.78 is 14.8. The topological polar surface area (TPSA) is 45.5 Å². The molecule has 0 amide bonds. The van der Waals surface area contributed by atoms with Gasteiger partial charge in [0.2, 0.25) is 0 Å². The second kappa shape index (κ2) is 9.07. The van der Waals surface area contributed by atoms with Crippen molar-refractivity contribution in [3.8, 4) is 0 Å². The molecule has 2 aromatic rings. The molecule has 0 spiro atoms. The molecule has 0 bridgehead atoms. The highest BCUT2D eigenvalue weighted by atomic mass is 32.2. The quantitative estimate of drug-likeness (QED) is 0.365. The van der Waals surface area contributed by atoms with Gasteiger partial charge in [-0.1, -0.05) is 0 Å². The molecule has 1 aromatic carbocycles. The first kappa shape index (κ1) is 18.8. The fourth-order valence-electron chi connectivity index (χ4n) is 3.30. The van der Waals surface area contributed by atoms with Gasteiger partial charge >= 0.3 is 0 Å². The van der Waals surface area contributed by atoms with Crippen molar-refractivity contribution in [2.75, 3.05) is 32.4 Å². The Hall–Kier alpha value is -2.02. The predicted octanol–water partition coefficient (Wildman–Crippen LogP) is 2.79. The maximum atomic E-state index is 12.9. The summed E-state index contributed by atoms with van der Waals surface area (Å²) in [5, 5.41) is 7.70. The number of halogens is 1. The van der Waals surface area contributed by atoms with Crippen LogP contribution in [0.2, 0.25) is 0 Å². The summed E-state index contributed by atoms with van der Waals surface area (Å²) in [5.41, 5.74) is 1.30. The number of nitrogens with zero attached hydrogens (tertiary/aromatic N) is 4. The van der Waals surface area contributed by atoms with Crippen LogP contribution >= 0.6 is 11.8 Å². The standard InChI is InChI=1S/C19H26FN5S/c1-21-19(22-8-10-26-18-5-3-17(20)4-6-18)25-9-7-15(14-25)11-16-12-23-24(2)13-16/h3-6,12-13,15H,7-11,14H2,1-2H3,(H,21,22). The van der Waals surface area contributed by atoms with E-state index in [9.17, 15) is 4.39 Å². The molecule has 1 aliphatic rings. The Kier molecular flexibility index (Phi) is 6.55. The number of hydrogen-bond donors (Lipinski definition) is 1. The number of guanidine groups is 1. The lowest BCUT2D eigenvalue weighted by Gasteiger charge is -2.21. The lowest BCUT2D eigenvalue weighted by atomic mass is 10.0. The Bertz CT molecular complexity index is 728. The number of rotatable bonds is 6. The van der Waals surface area contributed by atoms with Crippen molar-refractivity contribution in [1.29, 1.82) is 0 Å². The molecular formula is C19H26FN5S. The fourth-order valence-corrected chi connectivity index (χ4v) is 4.07. The van der Waals surface area contributed by atoms with E-state index in [0.29, 0.717) is 5.92 Å². The van der Waals surface area contributed by atoms with Gasteiger partial charge in [0.15, 0.2) is 5.96 Å². The summed E-state index contributed by atoms with van der Waals surface area (Å²) >= 11 is 1.72. The van der Waals surface area contributed by atoms with Crippen LogP contribution in [0.3, 0.4) is 0 Å². The molecule has 5 nitrogen and oxygen atoms in total. The molecule has 1 unspecified atom stereocenters. The van der Waals surface area contributed by atoms with Gasteiger partial charge in [-0.3, -0.25) is 9.67 Å². The number of nitrogens with one attached hydrogen (secondary N) is 1. The Balaban J connectivity index is 1.40. The van der Waals surface area contributed by atoms with E-state index >= 15 is 0 Å². The van der Waals surface area contributed by atoms with Gasteiger partial charge in [0.1, 0.15) is 5.82 Å². The largest absolute Gasteiger partial charge is 0.355 e. The van der Waals surface area contributed by atoms with Crippen LogP contribution in [0.1, 0.15) is 12.0 Å². The first-order valence-corrected chi connectivity index (χ1v) is 9.94. The molecule has 1 N–H and O–H groups in total. The molecule has 0 radical (unpaired) electrons. The molecule has 2 heterocycles. The van der Waals surface area contributed by atoms with Crippen LogP contribution in [0.5, 0.6) is 0 Å². The van der Waals surface area contributed by atoms with Crippen LogP contribution in [-0.2, 0) is 13.5 Å². The zero-order valence-electron chi connectivity index (χ0n) is 15.4. The lowest BCUT2D eigenvalue weighted by Crippen LogP contribution is -2.41. The van der Waals surface area contributed by atoms with E-state index in [1.165, 1.54) is 24.1 Å². The van der Waals surface area contributed by atoms with Crippen molar-refractivity contribution in [3.63, 3.8) is 0 Å². The van der Waals surface area contributed by atoms with Crippen molar-refractivity contribution in [2.45, 2.75) is 17.7 Å². The number of benzene rings is 1. The summed E-state index contributed by atoms with van der Waals surface area (Å²) in [4.78, 5) is 7.85. The number of likely N-dealkylation sites (tertiary alicyclic amines) is 1. The van der Waals surface area contributed by atoms with Crippen molar-refractivity contribution in [2.24, 2.45) is 18.0 Å². The van der Waals surface area contributed by atoms with Crippen LogP contribution in [0, 0.1) is 11.7 Å². The van der Waals surface area contributed by atoms with Gasteiger partial charge in [-0.25, -0.2) is 4.39 Å². The summed E-state index contributed by atoms with van der Waals surface area (Å²) in [6, 6.07) is 6.64. The van der Waals surface area contributed by atoms with Crippen LogP contribution in [-0.4, -0.2) is 53.1 Å². The third kappa shape index (κ3) is 5.24. The average molecular weight is 376 g/mol. The SMILES string of the molecule is CN=C(NCCSc1ccc(F)cc1)N1CCC(Cc2cnn(C)c2)C1. The van der Waals surface area contributed by atoms with Crippen LogP contribution in [0.4, 0.5) is 4.39 Å². The molecule has 0 aliphatic carbocycles. The normalized spacial score (nSPS) is 17.7. The third-order valence-corrected chi connectivity index (χ3v) is 5.56. The van der Waals surface area contributed by atoms with Gasteiger partial charge in [0, 0.05) is 50.6 Å². The zero-order chi connectivity index (χ0) is 18.4. The molecule has 26 heavy (non-hydrogen) atoms. The molecule has 0 saturated carbocycles. The Labute approximate surface area is 158 Å². The van der Waals surface area contributed by atoms with Gasteiger partial charge in [0.05, 0.1) is 6.20 Å². The van der Waals surface area contributed by atoms with E-state index in [1.54, 1.807) is 11.8 Å². The van der Waals surface area contributed by atoms with E-state index in [-0.39, 0.29) is 5.82 Å². The smallest absolute Gasteiger partial charge is 0.193 e. The minimum absolute atomic E-state index is 0.192. The number of aliphatic imine (C=N–C) groups is 1. The fraction of sp³-hybridized carbons (Fsp3) is 0.474. The minimum atomic E-state index is -0.192. The number of thioether (sulfide) groups is 1. The van der Waals surface area contributed by atoms with Gasteiger partial charge in [-0.2, -0.15) is 5.10 Å². The first-order chi connectivity index (χ1) is 12.6. The molecule has 7 heteroatoms. The van der Waals surface area contributed by atoms with Crippen LogP contribution < -0.4 is 5.32 Å². The molecule has 1 saturated heterocycles. The highest BCUT2D eigenvalue weighted by molar-refractivity contribution is 7.99. The van der Waals surface area contributed by atoms with Gasteiger partial charge in [0.25, 0.3) is 0 Å². The van der Waals surface area contributed by atoms with Gasteiger partial charge < -0.3 is 10.2 Å². The highest BCUT2D eigenvalue weighted by Crippen LogP contribution is 2.21. The molecular weight excluding hydrogens is 349 g/mol. The Morgan fingerprint density at radius 1 is 1.38 bits per heavy atom. The van der Waals surface area contributed by atoms with Crippen LogP contribution in [0.15, 0.2) is 46.5 Å². The molecule has 140 valence electrons. The number of hydrogen-bond acceptors (Lipinski definition) is 3. The summed E-state index contributed by atoms with van der Waals surface area (Å²) in [6.45, 7) is 2.90. The number of aromatic nitrogens is 2. The summed E-state index contributed by atoms with van der Waals surface area (Å²) in [6.07, 6.45) is 6.31. The maximum absolute atomic E-state index is 12.9. The highest BCUT2D eigenvalue weighted by Gasteiger charge is 2.25. The van der Waals surface area contributed by atoms with Crippen molar-refractivity contribution >= 4 is 17.7 Å². The van der Waals surface area contributed by atoms with Gasteiger partial charge in [-0.05, 0) is 48.6 Å². The minimum Gasteiger partial charge on any atom is -0.355 e. The van der Waals surface area contributed by atoms with E-state index in [0.717, 1.165) is 42.7 Å². The molecule has 1 atom stereocenters. The van der Waals surface area contributed by atoms with E-state index in [4.69, 9.17) is 0 Å². The lowest BCUT2D eigenvalue weighted by molar-refractivity contribution is 0.461. The number of aryl methyl sites for hydroxylation is 1. The second-order valence-electron chi connectivity index (χ2n) is 6.60. The summed E-state index contributed by atoms with van der Waals surface area (Å²) in [5.74, 6) is 2.34. The molecule has 1 fully saturated rings. The third-order valence-electron chi connectivity index (χ3n) is 4.55. The Morgan fingerprint density at radius 2 is 2.19 bits per heavy atom. The second-order valence-corrected chi connectivity index (χ2v) is 7.77. The van der Waals surface area contributed by atoms with E-state index < -0.39 is 0 Å². The zero-order valence-corrected chi connectivity index (χ0v) is 16.2. The summed E-state index contributed by atoms with van der Waals surface area (Å²) in [7, 11) is 3.80. The van der Waals surface area contributed by atoms with E-state index in [2.05, 4.69) is 26.5 Å². The van der Waals surface area contributed by atoms with Crippen LogP contribution in [0.25, 0.3) is 0 Å². The first-order valence-electron chi connectivity index (χ1n) is 8.95.